The van der Waals surface area contributed by atoms with Crippen molar-refractivity contribution >= 4 is 31.7 Å². The number of anilines is 1. The summed E-state index contributed by atoms with van der Waals surface area (Å²) < 4.78 is 54.8. The summed E-state index contributed by atoms with van der Waals surface area (Å²) in [5, 5.41) is 8.73. The van der Waals surface area contributed by atoms with Crippen LogP contribution in [0.4, 0.5) is 5.69 Å². The van der Waals surface area contributed by atoms with Crippen LogP contribution in [0.5, 0.6) is 0 Å². The van der Waals surface area contributed by atoms with Gasteiger partial charge in [-0.3, -0.25) is 9.52 Å². The van der Waals surface area contributed by atoms with Gasteiger partial charge in [0, 0.05) is 25.2 Å². The third kappa shape index (κ3) is 5.84. The van der Waals surface area contributed by atoms with E-state index >= 15 is 0 Å². The molecule has 0 aliphatic carbocycles. The summed E-state index contributed by atoms with van der Waals surface area (Å²) >= 11 is 0. The van der Waals surface area contributed by atoms with E-state index in [1.807, 2.05) is 6.92 Å². The Balaban J connectivity index is 1.70. The van der Waals surface area contributed by atoms with Gasteiger partial charge in [0.2, 0.25) is 10.0 Å². The number of nitrogens with one attached hydrogen (secondary N) is 1. The van der Waals surface area contributed by atoms with Crippen LogP contribution in [0.2, 0.25) is 0 Å². The monoisotopic (exact) mass is 466 g/mol. The number of carbonyl (C=O) groups is 1. The molecule has 2 aromatic rings. The highest BCUT2D eigenvalue weighted by Gasteiger charge is 2.28. The molecule has 0 amide bonds. The molecule has 168 valence electrons. The van der Waals surface area contributed by atoms with Crippen LogP contribution >= 0.6 is 0 Å². The molecular formula is C21H26N2O6S2. The normalized spacial score (nSPS) is 17.9. The van der Waals surface area contributed by atoms with E-state index in [0.717, 1.165) is 18.4 Å². The summed E-state index contributed by atoms with van der Waals surface area (Å²) in [6, 6.07) is 11.6. The quantitative estimate of drug-likeness (QED) is 0.617. The second-order valence-corrected chi connectivity index (χ2v) is 11.4. The van der Waals surface area contributed by atoms with Crippen molar-refractivity contribution in [2.75, 3.05) is 17.8 Å². The van der Waals surface area contributed by atoms with Crippen molar-refractivity contribution in [3.8, 4) is 0 Å². The predicted molar refractivity (Wildman–Crippen MR) is 117 cm³/mol. The highest BCUT2D eigenvalue weighted by Crippen LogP contribution is 2.25. The summed E-state index contributed by atoms with van der Waals surface area (Å²) in [5.74, 6) is -0.608. The number of carboxylic acid groups (broad SMARTS) is 1. The SMILES string of the molecule is CC1CCCN(S(=O)(=O)c2ccc(NS(=O)(=O)c3ccc(CCC(=O)O)cc3)cc2)C1. The van der Waals surface area contributed by atoms with Gasteiger partial charge in [-0.1, -0.05) is 19.1 Å². The molecule has 3 rings (SSSR count). The highest BCUT2D eigenvalue weighted by atomic mass is 32.2. The minimum Gasteiger partial charge on any atom is -0.481 e. The summed E-state index contributed by atoms with van der Waals surface area (Å²) in [4.78, 5) is 10.8. The molecule has 0 radical (unpaired) electrons. The van der Waals surface area contributed by atoms with Crippen LogP contribution < -0.4 is 4.72 Å². The van der Waals surface area contributed by atoms with Crippen molar-refractivity contribution in [1.82, 2.24) is 4.31 Å². The molecule has 1 aliphatic heterocycles. The second-order valence-electron chi connectivity index (χ2n) is 7.78. The molecule has 0 saturated carbocycles. The van der Waals surface area contributed by atoms with Crippen LogP contribution in [0.1, 0.15) is 31.7 Å². The maximum absolute atomic E-state index is 12.8. The molecule has 0 bridgehead atoms. The van der Waals surface area contributed by atoms with Crippen molar-refractivity contribution in [2.24, 2.45) is 5.92 Å². The Kier molecular flexibility index (Phi) is 7.03. The van der Waals surface area contributed by atoms with Crippen LogP contribution in [0.15, 0.2) is 58.3 Å². The third-order valence-corrected chi connectivity index (χ3v) is 8.50. The van der Waals surface area contributed by atoms with Crippen LogP contribution in [0, 0.1) is 5.92 Å². The first-order chi connectivity index (χ1) is 14.6. The van der Waals surface area contributed by atoms with E-state index < -0.39 is 26.0 Å². The summed E-state index contributed by atoms with van der Waals surface area (Å²) in [6.45, 7) is 3.00. The molecule has 2 N–H and O–H groups in total. The van der Waals surface area contributed by atoms with Gasteiger partial charge >= 0.3 is 5.97 Å². The zero-order valence-corrected chi connectivity index (χ0v) is 18.8. The van der Waals surface area contributed by atoms with Crippen LogP contribution in [0.25, 0.3) is 0 Å². The van der Waals surface area contributed by atoms with E-state index in [4.69, 9.17) is 5.11 Å². The van der Waals surface area contributed by atoms with Gasteiger partial charge in [0.25, 0.3) is 10.0 Å². The van der Waals surface area contributed by atoms with E-state index in [0.29, 0.717) is 25.4 Å². The minimum absolute atomic E-state index is 0.0318. The van der Waals surface area contributed by atoms with Crippen molar-refractivity contribution in [3.05, 3.63) is 54.1 Å². The second kappa shape index (κ2) is 9.37. The molecule has 1 aliphatic rings. The van der Waals surface area contributed by atoms with Gasteiger partial charge in [0.1, 0.15) is 0 Å². The maximum Gasteiger partial charge on any atom is 0.303 e. The number of aryl methyl sites for hydroxylation is 1. The number of benzene rings is 2. The third-order valence-electron chi connectivity index (χ3n) is 5.23. The topological polar surface area (TPSA) is 121 Å². The summed E-state index contributed by atoms with van der Waals surface area (Å²) in [5.41, 5.74) is 0.976. The van der Waals surface area contributed by atoms with Crippen LogP contribution in [-0.4, -0.2) is 45.3 Å². The lowest BCUT2D eigenvalue weighted by molar-refractivity contribution is -0.136. The molecule has 8 nitrogen and oxygen atoms in total. The number of carboxylic acids is 1. The lowest BCUT2D eigenvalue weighted by Crippen LogP contribution is -2.39. The average molecular weight is 467 g/mol. The Morgan fingerprint density at radius 3 is 2.23 bits per heavy atom. The molecule has 10 heteroatoms. The standard InChI is InChI=1S/C21H26N2O6S2/c1-16-3-2-14-23(15-16)31(28,29)20-11-7-18(8-12-20)22-30(26,27)19-9-4-17(5-10-19)6-13-21(24)25/h4-5,7-12,16,22H,2-3,6,13-15H2,1H3,(H,24,25). The van der Waals surface area contributed by atoms with E-state index in [-0.39, 0.29) is 21.9 Å². The van der Waals surface area contributed by atoms with Crippen molar-refractivity contribution in [2.45, 2.75) is 42.4 Å². The van der Waals surface area contributed by atoms with Gasteiger partial charge in [-0.25, -0.2) is 16.8 Å². The summed E-state index contributed by atoms with van der Waals surface area (Å²) in [6.07, 6.45) is 2.12. The van der Waals surface area contributed by atoms with Crippen molar-refractivity contribution in [3.63, 3.8) is 0 Å². The van der Waals surface area contributed by atoms with Crippen LogP contribution in [0.3, 0.4) is 0 Å². The van der Waals surface area contributed by atoms with E-state index in [1.165, 1.54) is 40.7 Å². The number of piperidine rings is 1. The molecule has 2 aromatic carbocycles. The zero-order chi connectivity index (χ0) is 22.6. The molecule has 1 fully saturated rings. The van der Waals surface area contributed by atoms with Gasteiger partial charge in [-0.05, 0) is 67.1 Å². The van der Waals surface area contributed by atoms with Gasteiger partial charge in [0.15, 0.2) is 0 Å². The Hall–Kier alpha value is -2.43. The first kappa shape index (κ1) is 23.2. The van der Waals surface area contributed by atoms with Crippen molar-refractivity contribution < 1.29 is 26.7 Å². The maximum atomic E-state index is 12.8. The van der Waals surface area contributed by atoms with Crippen LogP contribution in [-0.2, 0) is 31.3 Å². The first-order valence-electron chi connectivity index (χ1n) is 10.0. The number of rotatable bonds is 8. The molecule has 0 spiro atoms. The minimum atomic E-state index is -3.86. The van der Waals surface area contributed by atoms with Gasteiger partial charge < -0.3 is 5.11 Å². The van der Waals surface area contributed by atoms with Gasteiger partial charge in [0.05, 0.1) is 9.79 Å². The number of nitrogens with zero attached hydrogens (tertiary/aromatic N) is 1. The fourth-order valence-electron chi connectivity index (χ4n) is 3.51. The smallest absolute Gasteiger partial charge is 0.303 e. The van der Waals surface area contributed by atoms with Crippen molar-refractivity contribution in [1.29, 1.82) is 0 Å². The Morgan fingerprint density at radius 2 is 1.65 bits per heavy atom. The molecular weight excluding hydrogens is 440 g/mol. The lowest BCUT2D eigenvalue weighted by Gasteiger charge is -2.30. The number of sulfonamides is 2. The van der Waals surface area contributed by atoms with E-state index in [9.17, 15) is 21.6 Å². The number of hydrogen-bond acceptors (Lipinski definition) is 5. The summed E-state index contributed by atoms with van der Waals surface area (Å²) in [7, 11) is -7.47. The van der Waals surface area contributed by atoms with Gasteiger partial charge in [-0.2, -0.15) is 4.31 Å². The Morgan fingerprint density at radius 1 is 1.03 bits per heavy atom. The molecule has 31 heavy (non-hydrogen) atoms. The largest absolute Gasteiger partial charge is 0.481 e. The highest BCUT2D eigenvalue weighted by molar-refractivity contribution is 7.92. The molecule has 0 aromatic heterocycles. The molecule has 1 saturated heterocycles. The average Bonchev–Trinajstić information content (AvgIpc) is 2.72. The Bertz CT molecular complexity index is 1130. The van der Waals surface area contributed by atoms with E-state index in [2.05, 4.69) is 4.72 Å². The van der Waals surface area contributed by atoms with E-state index in [1.54, 1.807) is 12.1 Å². The zero-order valence-electron chi connectivity index (χ0n) is 17.2. The molecule has 1 heterocycles. The number of aliphatic carboxylic acids is 1. The lowest BCUT2D eigenvalue weighted by atomic mass is 10.0. The predicted octanol–water partition coefficient (Wildman–Crippen LogP) is 2.93. The Labute approximate surface area is 183 Å². The molecule has 1 unspecified atom stereocenters. The fourth-order valence-corrected chi connectivity index (χ4v) is 6.17. The number of hydrogen-bond donors (Lipinski definition) is 2. The van der Waals surface area contributed by atoms with Gasteiger partial charge in [-0.15, -0.1) is 0 Å². The first-order valence-corrected chi connectivity index (χ1v) is 12.9. The fraction of sp³-hybridized carbons (Fsp3) is 0.381. The molecule has 1 atom stereocenters.